The van der Waals surface area contributed by atoms with Gasteiger partial charge in [0.05, 0.1) is 13.2 Å². The van der Waals surface area contributed by atoms with Crippen molar-refractivity contribution in [2.45, 2.75) is 19.0 Å². The van der Waals surface area contributed by atoms with E-state index in [4.69, 9.17) is 4.74 Å². The molecule has 0 bridgehead atoms. The van der Waals surface area contributed by atoms with Gasteiger partial charge in [0.15, 0.2) is 0 Å². The molecule has 138 valence electrons. The van der Waals surface area contributed by atoms with Gasteiger partial charge < -0.3 is 15.0 Å². The molecule has 2 aromatic rings. The zero-order chi connectivity index (χ0) is 17.8. The van der Waals surface area contributed by atoms with Crippen LogP contribution in [-0.2, 0) is 11.3 Å². The molecule has 0 amide bonds. The molecule has 1 aromatic carbocycles. The Labute approximate surface area is 153 Å². The van der Waals surface area contributed by atoms with Crippen molar-refractivity contribution in [1.29, 1.82) is 0 Å². The summed E-state index contributed by atoms with van der Waals surface area (Å²) < 4.78 is 18.7. The quantitative estimate of drug-likeness (QED) is 0.885. The number of halogens is 1. The van der Waals surface area contributed by atoms with Gasteiger partial charge in [0, 0.05) is 45.0 Å². The summed E-state index contributed by atoms with van der Waals surface area (Å²) in [5.41, 5.74) is 1.02. The summed E-state index contributed by atoms with van der Waals surface area (Å²) >= 11 is 0. The van der Waals surface area contributed by atoms with Crippen LogP contribution in [0, 0.1) is 5.82 Å². The molecule has 0 aliphatic carbocycles. The second kappa shape index (κ2) is 7.97. The molecule has 2 aliphatic rings. The lowest BCUT2D eigenvalue weighted by Crippen LogP contribution is -2.37. The van der Waals surface area contributed by atoms with E-state index in [0.29, 0.717) is 6.04 Å². The molecule has 1 atom stereocenters. The molecule has 7 heteroatoms. The SMILES string of the molecule is Fc1cccc(CN2CCC(Nc3ccnc(N4CCOCC4)n3)C2)c1. The molecular formula is C19H24FN5O. The molecule has 0 saturated carbocycles. The van der Waals surface area contributed by atoms with E-state index < -0.39 is 0 Å². The van der Waals surface area contributed by atoms with E-state index in [1.54, 1.807) is 18.3 Å². The van der Waals surface area contributed by atoms with E-state index in [0.717, 1.165) is 69.7 Å². The number of rotatable bonds is 5. The van der Waals surface area contributed by atoms with Gasteiger partial charge in [-0.05, 0) is 30.2 Å². The average Bonchev–Trinajstić information content (AvgIpc) is 3.09. The van der Waals surface area contributed by atoms with Crippen LogP contribution >= 0.6 is 0 Å². The van der Waals surface area contributed by atoms with E-state index in [9.17, 15) is 4.39 Å². The summed E-state index contributed by atoms with van der Waals surface area (Å²) in [7, 11) is 0. The Hall–Kier alpha value is -2.25. The van der Waals surface area contributed by atoms with Gasteiger partial charge in [0.25, 0.3) is 0 Å². The zero-order valence-electron chi connectivity index (χ0n) is 14.8. The number of nitrogens with one attached hydrogen (secondary N) is 1. The first kappa shape index (κ1) is 17.2. The van der Waals surface area contributed by atoms with Crippen LogP contribution in [-0.4, -0.2) is 60.3 Å². The molecule has 3 heterocycles. The number of likely N-dealkylation sites (tertiary alicyclic amines) is 1. The maximum absolute atomic E-state index is 13.3. The van der Waals surface area contributed by atoms with E-state index in [-0.39, 0.29) is 5.82 Å². The van der Waals surface area contributed by atoms with Gasteiger partial charge >= 0.3 is 0 Å². The fourth-order valence-corrected chi connectivity index (χ4v) is 3.54. The first-order chi connectivity index (χ1) is 12.8. The lowest BCUT2D eigenvalue weighted by atomic mass is 10.2. The molecule has 0 spiro atoms. The van der Waals surface area contributed by atoms with Crippen LogP contribution < -0.4 is 10.2 Å². The monoisotopic (exact) mass is 357 g/mol. The largest absolute Gasteiger partial charge is 0.378 e. The summed E-state index contributed by atoms with van der Waals surface area (Å²) in [5.74, 6) is 1.44. The molecular weight excluding hydrogens is 333 g/mol. The first-order valence-corrected chi connectivity index (χ1v) is 9.15. The second-order valence-electron chi connectivity index (χ2n) is 6.84. The Balaban J connectivity index is 1.33. The molecule has 2 fully saturated rings. The zero-order valence-corrected chi connectivity index (χ0v) is 14.8. The standard InChI is InChI=1S/C19H24FN5O/c20-16-3-1-2-15(12-16)13-24-7-5-17(14-24)22-18-4-6-21-19(23-18)25-8-10-26-11-9-25/h1-4,6,12,17H,5,7-11,13-14H2,(H,21,22,23). The Kier molecular flexibility index (Phi) is 5.26. The maximum Gasteiger partial charge on any atom is 0.227 e. The van der Waals surface area contributed by atoms with Crippen molar-refractivity contribution < 1.29 is 9.13 Å². The van der Waals surface area contributed by atoms with Gasteiger partial charge in [0.2, 0.25) is 5.95 Å². The highest BCUT2D eigenvalue weighted by Gasteiger charge is 2.23. The molecule has 1 unspecified atom stereocenters. The van der Waals surface area contributed by atoms with Gasteiger partial charge in [0.1, 0.15) is 11.6 Å². The molecule has 6 nitrogen and oxygen atoms in total. The Morgan fingerprint density at radius 2 is 2.08 bits per heavy atom. The summed E-state index contributed by atoms with van der Waals surface area (Å²) in [6, 6.07) is 9.10. The fourth-order valence-electron chi connectivity index (χ4n) is 3.54. The predicted molar refractivity (Wildman–Crippen MR) is 98.8 cm³/mol. The third-order valence-electron chi connectivity index (χ3n) is 4.86. The average molecular weight is 357 g/mol. The van der Waals surface area contributed by atoms with E-state index in [1.807, 2.05) is 12.1 Å². The number of aromatic nitrogens is 2. The number of ether oxygens (including phenoxy) is 1. The number of morpholine rings is 1. The highest BCUT2D eigenvalue weighted by Crippen LogP contribution is 2.19. The summed E-state index contributed by atoms with van der Waals surface area (Å²) in [4.78, 5) is 13.5. The van der Waals surface area contributed by atoms with E-state index in [1.165, 1.54) is 6.07 Å². The van der Waals surface area contributed by atoms with Crippen molar-refractivity contribution in [3.8, 4) is 0 Å². The number of anilines is 2. The van der Waals surface area contributed by atoms with Crippen molar-refractivity contribution in [2.24, 2.45) is 0 Å². The minimum Gasteiger partial charge on any atom is -0.378 e. The Morgan fingerprint density at radius 3 is 2.92 bits per heavy atom. The molecule has 1 aromatic heterocycles. The predicted octanol–water partition coefficient (Wildman–Crippen LogP) is 2.14. The molecule has 2 saturated heterocycles. The number of benzene rings is 1. The summed E-state index contributed by atoms with van der Waals surface area (Å²) in [5, 5.41) is 3.52. The van der Waals surface area contributed by atoms with Gasteiger partial charge in [-0.15, -0.1) is 0 Å². The number of nitrogens with zero attached hydrogens (tertiary/aromatic N) is 4. The molecule has 26 heavy (non-hydrogen) atoms. The van der Waals surface area contributed by atoms with E-state index >= 15 is 0 Å². The van der Waals surface area contributed by atoms with Crippen LogP contribution in [0.4, 0.5) is 16.2 Å². The third kappa shape index (κ3) is 4.28. The second-order valence-corrected chi connectivity index (χ2v) is 6.84. The molecule has 0 radical (unpaired) electrons. The third-order valence-corrected chi connectivity index (χ3v) is 4.86. The van der Waals surface area contributed by atoms with E-state index in [2.05, 4.69) is 25.1 Å². The van der Waals surface area contributed by atoms with Crippen LogP contribution in [0.1, 0.15) is 12.0 Å². The van der Waals surface area contributed by atoms with Crippen LogP contribution in [0.15, 0.2) is 36.5 Å². The highest BCUT2D eigenvalue weighted by molar-refractivity contribution is 5.42. The molecule has 1 N–H and O–H groups in total. The molecule has 2 aliphatic heterocycles. The lowest BCUT2D eigenvalue weighted by Gasteiger charge is -2.27. The van der Waals surface area contributed by atoms with Gasteiger partial charge in [-0.1, -0.05) is 12.1 Å². The number of hydrogen-bond acceptors (Lipinski definition) is 6. The Bertz CT molecular complexity index is 737. The van der Waals surface area contributed by atoms with Crippen molar-refractivity contribution in [3.63, 3.8) is 0 Å². The topological polar surface area (TPSA) is 53.5 Å². The smallest absolute Gasteiger partial charge is 0.227 e. The first-order valence-electron chi connectivity index (χ1n) is 9.15. The van der Waals surface area contributed by atoms with Crippen molar-refractivity contribution in [1.82, 2.24) is 14.9 Å². The normalized spacial score (nSPS) is 21.1. The summed E-state index contributed by atoms with van der Waals surface area (Å²) in [6.45, 7) is 5.79. The molecule has 4 rings (SSSR count). The minimum absolute atomic E-state index is 0.173. The lowest BCUT2D eigenvalue weighted by molar-refractivity contribution is 0.122. The van der Waals surface area contributed by atoms with Crippen molar-refractivity contribution in [2.75, 3.05) is 49.6 Å². The van der Waals surface area contributed by atoms with Gasteiger partial charge in [-0.3, -0.25) is 4.90 Å². The van der Waals surface area contributed by atoms with Crippen molar-refractivity contribution >= 4 is 11.8 Å². The maximum atomic E-state index is 13.3. The van der Waals surface area contributed by atoms with Gasteiger partial charge in [-0.25, -0.2) is 9.37 Å². The Morgan fingerprint density at radius 1 is 1.19 bits per heavy atom. The van der Waals surface area contributed by atoms with Gasteiger partial charge in [-0.2, -0.15) is 4.98 Å². The van der Waals surface area contributed by atoms with Crippen LogP contribution in [0.3, 0.4) is 0 Å². The van der Waals surface area contributed by atoms with Crippen LogP contribution in [0.25, 0.3) is 0 Å². The van der Waals surface area contributed by atoms with Crippen LogP contribution in [0.5, 0.6) is 0 Å². The minimum atomic E-state index is -0.173. The summed E-state index contributed by atoms with van der Waals surface area (Å²) in [6.07, 6.45) is 2.85. The van der Waals surface area contributed by atoms with Crippen molar-refractivity contribution in [3.05, 3.63) is 47.9 Å². The highest BCUT2D eigenvalue weighted by atomic mass is 19.1. The van der Waals surface area contributed by atoms with Crippen LogP contribution in [0.2, 0.25) is 0 Å². The fraction of sp³-hybridized carbons (Fsp3) is 0.474. The number of hydrogen-bond donors (Lipinski definition) is 1.